The molecule has 0 aromatic carbocycles. The molecule has 56 valence electrons. The summed E-state index contributed by atoms with van der Waals surface area (Å²) in [6, 6.07) is 0. The Hall–Kier alpha value is -0.550. The molecular weight excluding hydrogens is 154 g/mol. The van der Waals surface area contributed by atoms with Crippen molar-refractivity contribution >= 4 is 10.0 Å². The van der Waals surface area contributed by atoms with E-state index in [0.29, 0.717) is 6.61 Å². The zero-order valence-electron chi connectivity index (χ0n) is 5.23. The summed E-state index contributed by atoms with van der Waals surface area (Å²) in [7, 11) is -2.96. The summed E-state index contributed by atoms with van der Waals surface area (Å²) in [6.45, 7) is 0.524. The van der Waals surface area contributed by atoms with Gasteiger partial charge in [0.1, 0.15) is 5.75 Å². The fraction of sp³-hybridized carbons (Fsp3) is 0.600. The number of fused-ring (bicyclic) bond motifs is 1. The molecule has 2 rings (SSSR count). The van der Waals surface area contributed by atoms with Crippen LogP contribution in [0, 0.1) is 0 Å². The molecule has 0 saturated carbocycles. The normalized spacial score (nSPS) is 34.8. The predicted octanol–water partition coefficient (Wildman–Crippen LogP) is -0.498. The molecule has 4 nitrogen and oxygen atoms in total. The highest BCUT2D eigenvalue weighted by atomic mass is 32.2. The first-order valence-electron chi connectivity index (χ1n) is 3.00. The largest absolute Gasteiger partial charge is 0.352 e. The summed E-state index contributed by atoms with van der Waals surface area (Å²) in [5.41, 5.74) is 0. The number of ether oxygens (including phenoxy) is 1. The van der Waals surface area contributed by atoms with E-state index < -0.39 is 10.0 Å². The van der Waals surface area contributed by atoms with Crippen molar-refractivity contribution in [3.8, 4) is 0 Å². The maximum absolute atomic E-state index is 10.8. The third kappa shape index (κ3) is 0.674. The second kappa shape index (κ2) is 1.73. The van der Waals surface area contributed by atoms with Crippen LogP contribution in [0.2, 0.25) is 0 Å². The van der Waals surface area contributed by atoms with Gasteiger partial charge in [0, 0.05) is 6.20 Å². The Labute approximate surface area is 59.1 Å². The van der Waals surface area contributed by atoms with Gasteiger partial charge >= 0.3 is 0 Å². The standard InChI is InChI=1S/C5H7NO3S/c7-10(8)4-5-6(10)2-1-3-9-5/h1-2,5H,3-4H2. The van der Waals surface area contributed by atoms with Gasteiger partial charge in [0.2, 0.25) is 10.0 Å². The first-order chi connectivity index (χ1) is 4.70. The quantitative estimate of drug-likeness (QED) is 0.481. The molecule has 2 aliphatic rings. The fourth-order valence-electron chi connectivity index (χ4n) is 1.06. The van der Waals surface area contributed by atoms with Crippen molar-refractivity contribution in [3.05, 3.63) is 12.3 Å². The summed E-state index contributed by atoms with van der Waals surface area (Å²) >= 11 is 0. The summed E-state index contributed by atoms with van der Waals surface area (Å²) in [5, 5.41) is 0. The summed E-state index contributed by atoms with van der Waals surface area (Å²) in [6.07, 6.45) is 3.04. The Morgan fingerprint density at radius 2 is 2.40 bits per heavy atom. The van der Waals surface area contributed by atoms with Gasteiger partial charge < -0.3 is 4.74 Å². The van der Waals surface area contributed by atoms with Crippen molar-refractivity contribution in [1.82, 2.24) is 4.31 Å². The monoisotopic (exact) mass is 161 g/mol. The van der Waals surface area contributed by atoms with Gasteiger partial charge in [0.05, 0.1) is 6.61 Å². The average molecular weight is 161 g/mol. The molecule has 5 heteroatoms. The van der Waals surface area contributed by atoms with Crippen molar-refractivity contribution in [1.29, 1.82) is 0 Å². The van der Waals surface area contributed by atoms with E-state index in [1.807, 2.05) is 0 Å². The van der Waals surface area contributed by atoms with Gasteiger partial charge in [0.25, 0.3) is 0 Å². The van der Waals surface area contributed by atoms with E-state index >= 15 is 0 Å². The Kier molecular flexibility index (Phi) is 1.07. The van der Waals surface area contributed by atoms with Crippen LogP contribution in [0.4, 0.5) is 0 Å². The van der Waals surface area contributed by atoms with E-state index in [4.69, 9.17) is 4.74 Å². The molecule has 2 aliphatic heterocycles. The molecule has 1 unspecified atom stereocenters. The van der Waals surface area contributed by atoms with Gasteiger partial charge in [-0.15, -0.1) is 0 Å². The van der Waals surface area contributed by atoms with Gasteiger partial charge in [0.15, 0.2) is 6.23 Å². The number of rotatable bonds is 0. The van der Waals surface area contributed by atoms with E-state index in [2.05, 4.69) is 0 Å². The van der Waals surface area contributed by atoms with Crippen molar-refractivity contribution in [2.24, 2.45) is 0 Å². The minimum Gasteiger partial charge on any atom is -0.352 e. The molecule has 10 heavy (non-hydrogen) atoms. The lowest BCUT2D eigenvalue weighted by molar-refractivity contribution is -0.00218. The van der Waals surface area contributed by atoms with E-state index in [-0.39, 0.29) is 12.0 Å². The van der Waals surface area contributed by atoms with Gasteiger partial charge in [-0.2, -0.15) is 0 Å². The summed E-state index contributed by atoms with van der Waals surface area (Å²) < 4.78 is 28.0. The third-order valence-electron chi connectivity index (χ3n) is 1.60. The first-order valence-corrected chi connectivity index (χ1v) is 4.60. The van der Waals surface area contributed by atoms with Gasteiger partial charge in [-0.3, -0.25) is 0 Å². The number of hydrogen-bond acceptors (Lipinski definition) is 3. The number of sulfonamides is 1. The summed E-state index contributed by atoms with van der Waals surface area (Å²) in [4.78, 5) is 0. The molecule has 0 aromatic heterocycles. The Morgan fingerprint density at radius 1 is 1.60 bits per heavy atom. The maximum atomic E-state index is 10.8. The Balaban J connectivity index is 2.30. The lowest BCUT2D eigenvalue weighted by atomic mass is 10.5. The van der Waals surface area contributed by atoms with Crippen LogP contribution >= 0.6 is 0 Å². The molecule has 0 aliphatic carbocycles. The maximum Gasteiger partial charge on any atom is 0.241 e. The zero-order valence-corrected chi connectivity index (χ0v) is 6.04. The van der Waals surface area contributed by atoms with E-state index in [0.717, 1.165) is 0 Å². The van der Waals surface area contributed by atoms with Crippen molar-refractivity contribution in [2.45, 2.75) is 6.23 Å². The van der Waals surface area contributed by atoms with Crippen molar-refractivity contribution < 1.29 is 13.2 Å². The molecule has 0 amide bonds. The topological polar surface area (TPSA) is 46.6 Å². The number of nitrogens with zero attached hydrogens (tertiary/aromatic N) is 1. The van der Waals surface area contributed by atoms with Crippen LogP contribution in [0.1, 0.15) is 0 Å². The molecule has 0 radical (unpaired) electrons. The van der Waals surface area contributed by atoms with Gasteiger partial charge in [-0.1, -0.05) is 0 Å². The fourth-order valence-corrected chi connectivity index (χ4v) is 2.35. The minimum atomic E-state index is -2.96. The van der Waals surface area contributed by atoms with Crippen LogP contribution in [0.25, 0.3) is 0 Å². The van der Waals surface area contributed by atoms with Crippen molar-refractivity contribution in [3.63, 3.8) is 0 Å². The van der Waals surface area contributed by atoms with E-state index in [1.54, 1.807) is 12.3 Å². The van der Waals surface area contributed by atoms with Crippen LogP contribution < -0.4 is 0 Å². The minimum absolute atomic E-state index is 0.136. The van der Waals surface area contributed by atoms with E-state index in [1.165, 1.54) is 4.31 Å². The Morgan fingerprint density at radius 3 is 2.90 bits per heavy atom. The molecule has 0 spiro atoms. The predicted molar refractivity (Wildman–Crippen MR) is 34.5 cm³/mol. The number of hydrogen-bond donors (Lipinski definition) is 0. The first kappa shape index (κ1) is 6.18. The molecule has 1 fully saturated rings. The average Bonchev–Trinajstić information content (AvgIpc) is 1.86. The SMILES string of the molecule is O=S1(=O)CC2OCC=CN21. The molecule has 2 heterocycles. The van der Waals surface area contributed by atoms with Crippen LogP contribution in [-0.2, 0) is 14.8 Å². The summed E-state index contributed by atoms with van der Waals surface area (Å²) in [5.74, 6) is 0.136. The van der Waals surface area contributed by atoms with Gasteiger partial charge in [-0.25, -0.2) is 12.7 Å². The molecule has 0 N–H and O–H groups in total. The highest BCUT2D eigenvalue weighted by Crippen LogP contribution is 2.25. The molecule has 0 aromatic rings. The molecule has 1 saturated heterocycles. The lowest BCUT2D eigenvalue weighted by Crippen LogP contribution is -2.56. The highest BCUT2D eigenvalue weighted by Gasteiger charge is 2.42. The van der Waals surface area contributed by atoms with Crippen LogP contribution in [-0.4, -0.2) is 31.3 Å². The smallest absolute Gasteiger partial charge is 0.241 e. The molecular formula is C5H7NO3S. The second-order valence-electron chi connectivity index (χ2n) is 2.28. The lowest BCUT2D eigenvalue weighted by Gasteiger charge is -2.40. The van der Waals surface area contributed by atoms with Gasteiger partial charge in [-0.05, 0) is 6.08 Å². The van der Waals surface area contributed by atoms with Crippen LogP contribution in [0.15, 0.2) is 12.3 Å². The molecule has 0 bridgehead atoms. The third-order valence-corrected chi connectivity index (χ3v) is 3.30. The van der Waals surface area contributed by atoms with Crippen LogP contribution in [0.5, 0.6) is 0 Å². The van der Waals surface area contributed by atoms with Crippen molar-refractivity contribution in [2.75, 3.05) is 12.4 Å². The Bertz CT molecular complexity index is 269. The van der Waals surface area contributed by atoms with Crippen LogP contribution in [0.3, 0.4) is 0 Å². The zero-order chi connectivity index (χ0) is 7.19. The van der Waals surface area contributed by atoms with E-state index in [9.17, 15) is 8.42 Å². The molecule has 1 atom stereocenters. The highest BCUT2D eigenvalue weighted by molar-refractivity contribution is 7.90. The second-order valence-corrected chi connectivity index (χ2v) is 4.20.